The highest BCUT2D eigenvalue weighted by atomic mass is 16.5. The van der Waals surface area contributed by atoms with Crippen LogP contribution in [0.1, 0.15) is 54.5 Å². The van der Waals surface area contributed by atoms with E-state index in [0.29, 0.717) is 30.1 Å². The van der Waals surface area contributed by atoms with E-state index in [9.17, 15) is 4.79 Å². The van der Waals surface area contributed by atoms with Gasteiger partial charge in [0.2, 0.25) is 0 Å². The summed E-state index contributed by atoms with van der Waals surface area (Å²) >= 11 is 0. The molecule has 4 heteroatoms. The van der Waals surface area contributed by atoms with E-state index in [1.807, 2.05) is 12.1 Å². The molecule has 0 aliphatic heterocycles. The largest absolute Gasteiger partial charge is 0.486 e. The first-order valence-corrected chi connectivity index (χ1v) is 7.74. The Hall–Kier alpha value is -2.23. The van der Waals surface area contributed by atoms with Gasteiger partial charge >= 0.3 is 0 Å². The van der Waals surface area contributed by atoms with Crippen LogP contribution in [0.15, 0.2) is 40.8 Å². The second-order valence-electron chi connectivity index (χ2n) is 6.03. The number of benzene rings is 1. The lowest BCUT2D eigenvalue weighted by molar-refractivity contribution is 0.0919. The molecular formula is C18H21NO3. The lowest BCUT2D eigenvalue weighted by Gasteiger charge is -2.08. The molecule has 1 aliphatic carbocycles. The minimum Gasteiger partial charge on any atom is -0.486 e. The second kappa shape index (κ2) is 6.26. The molecule has 1 saturated carbocycles. The molecule has 0 unspecified atom stereocenters. The van der Waals surface area contributed by atoms with Crippen LogP contribution < -0.4 is 10.1 Å². The fourth-order valence-electron chi connectivity index (χ4n) is 2.17. The zero-order valence-corrected chi connectivity index (χ0v) is 13.0. The Balaban J connectivity index is 1.54. The van der Waals surface area contributed by atoms with Crippen molar-refractivity contribution in [1.29, 1.82) is 0 Å². The van der Waals surface area contributed by atoms with Gasteiger partial charge in [0, 0.05) is 6.04 Å². The fraction of sp³-hybridized carbons (Fsp3) is 0.389. The van der Waals surface area contributed by atoms with Crippen LogP contribution in [0.5, 0.6) is 5.75 Å². The normalized spacial score (nSPS) is 14.1. The summed E-state index contributed by atoms with van der Waals surface area (Å²) in [4.78, 5) is 11.8. The molecule has 1 aliphatic rings. The third-order valence-corrected chi connectivity index (χ3v) is 3.73. The maximum atomic E-state index is 11.8. The summed E-state index contributed by atoms with van der Waals surface area (Å²) in [7, 11) is 0. The van der Waals surface area contributed by atoms with E-state index in [-0.39, 0.29) is 5.91 Å². The number of nitrogens with one attached hydrogen (secondary N) is 1. The summed E-state index contributed by atoms with van der Waals surface area (Å²) in [5.74, 6) is 2.15. The van der Waals surface area contributed by atoms with Crippen LogP contribution in [0.4, 0.5) is 0 Å². The van der Waals surface area contributed by atoms with Gasteiger partial charge in [-0.3, -0.25) is 4.79 Å². The highest BCUT2D eigenvalue weighted by Crippen LogP contribution is 2.21. The highest BCUT2D eigenvalue weighted by molar-refractivity contribution is 5.91. The van der Waals surface area contributed by atoms with Gasteiger partial charge in [-0.05, 0) is 48.6 Å². The summed E-state index contributed by atoms with van der Waals surface area (Å²) in [6.07, 6.45) is 2.13. The standard InChI is InChI=1S/C18H21NO3/c1-12(2)13-3-7-15(8-4-13)21-11-16-9-10-17(22-16)18(20)19-14-5-6-14/h3-4,7-10,12,14H,5-6,11H2,1-2H3,(H,19,20). The van der Waals surface area contributed by atoms with Crippen LogP contribution in [-0.2, 0) is 6.61 Å². The van der Waals surface area contributed by atoms with Crippen molar-refractivity contribution in [1.82, 2.24) is 5.32 Å². The Labute approximate surface area is 130 Å². The predicted octanol–water partition coefficient (Wildman–Crippen LogP) is 3.87. The topological polar surface area (TPSA) is 51.5 Å². The van der Waals surface area contributed by atoms with E-state index in [2.05, 4.69) is 31.3 Å². The first kappa shape index (κ1) is 14.7. The monoisotopic (exact) mass is 299 g/mol. The van der Waals surface area contributed by atoms with Gasteiger partial charge in [-0.15, -0.1) is 0 Å². The lowest BCUT2D eigenvalue weighted by Crippen LogP contribution is -2.24. The van der Waals surface area contributed by atoms with Gasteiger partial charge in [-0.1, -0.05) is 26.0 Å². The molecule has 0 radical (unpaired) electrons. The molecule has 1 heterocycles. The molecule has 22 heavy (non-hydrogen) atoms. The third-order valence-electron chi connectivity index (χ3n) is 3.73. The summed E-state index contributed by atoms with van der Waals surface area (Å²) in [6.45, 7) is 4.64. The molecule has 3 rings (SSSR count). The van der Waals surface area contributed by atoms with Crippen LogP contribution in [0.3, 0.4) is 0 Å². The molecule has 4 nitrogen and oxygen atoms in total. The summed E-state index contributed by atoms with van der Waals surface area (Å²) in [6, 6.07) is 11.9. The third kappa shape index (κ3) is 3.70. The number of carbonyl (C=O) groups excluding carboxylic acids is 1. The zero-order valence-electron chi connectivity index (χ0n) is 13.0. The van der Waals surface area contributed by atoms with Gasteiger partial charge in [-0.2, -0.15) is 0 Å². The van der Waals surface area contributed by atoms with Crippen molar-refractivity contribution in [3.63, 3.8) is 0 Å². The average molecular weight is 299 g/mol. The van der Waals surface area contributed by atoms with E-state index in [1.54, 1.807) is 12.1 Å². The van der Waals surface area contributed by atoms with Crippen LogP contribution in [0.25, 0.3) is 0 Å². The van der Waals surface area contributed by atoms with E-state index in [0.717, 1.165) is 18.6 Å². The van der Waals surface area contributed by atoms with Crippen molar-refractivity contribution in [2.75, 3.05) is 0 Å². The number of furan rings is 1. The van der Waals surface area contributed by atoms with Crippen molar-refractivity contribution in [2.24, 2.45) is 0 Å². The SMILES string of the molecule is CC(C)c1ccc(OCc2ccc(C(=O)NC3CC3)o2)cc1. The van der Waals surface area contributed by atoms with E-state index in [1.165, 1.54) is 5.56 Å². The summed E-state index contributed by atoms with van der Waals surface area (Å²) in [5.41, 5.74) is 1.28. The molecule has 1 aromatic carbocycles. The van der Waals surface area contributed by atoms with Crippen LogP contribution >= 0.6 is 0 Å². The number of rotatable bonds is 6. The Morgan fingerprint density at radius 3 is 2.59 bits per heavy atom. The van der Waals surface area contributed by atoms with Crippen molar-refractivity contribution in [3.8, 4) is 5.75 Å². The van der Waals surface area contributed by atoms with E-state index >= 15 is 0 Å². The molecule has 0 spiro atoms. The molecule has 1 N–H and O–H groups in total. The van der Waals surface area contributed by atoms with E-state index < -0.39 is 0 Å². The highest BCUT2D eigenvalue weighted by Gasteiger charge is 2.25. The Kier molecular flexibility index (Phi) is 4.18. The minimum absolute atomic E-state index is 0.143. The smallest absolute Gasteiger partial charge is 0.287 e. The number of ether oxygens (including phenoxy) is 1. The molecule has 1 aromatic heterocycles. The molecule has 1 fully saturated rings. The van der Waals surface area contributed by atoms with Gasteiger partial charge in [0.25, 0.3) is 5.91 Å². The minimum atomic E-state index is -0.143. The molecule has 2 aromatic rings. The second-order valence-corrected chi connectivity index (χ2v) is 6.03. The van der Waals surface area contributed by atoms with Gasteiger partial charge in [0.15, 0.2) is 5.76 Å². The quantitative estimate of drug-likeness (QED) is 0.880. The predicted molar refractivity (Wildman–Crippen MR) is 84.1 cm³/mol. The Morgan fingerprint density at radius 1 is 1.23 bits per heavy atom. The fourth-order valence-corrected chi connectivity index (χ4v) is 2.17. The lowest BCUT2D eigenvalue weighted by atomic mass is 10.0. The van der Waals surface area contributed by atoms with E-state index in [4.69, 9.17) is 9.15 Å². The molecule has 0 bridgehead atoms. The molecular weight excluding hydrogens is 278 g/mol. The molecule has 116 valence electrons. The van der Waals surface area contributed by atoms with Crippen molar-refractivity contribution in [3.05, 3.63) is 53.5 Å². The summed E-state index contributed by atoms with van der Waals surface area (Å²) in [5, 5.41) is 2.90. The van der Waals surface area contributed by atoms with Gasteiger partial charge < -0.3 is 14.5 Å². The maximum absolute atomic E-state index is 11.8. The van der Waals surface area contributed by atoms with Crippen molar-refractivity contribution < 1.29 is 13.9 Å². The van der Waals surface area contributed by atoms with Crippen molar-refractivity contribution >= 4 is 5.91 Å². The summed E-state index contributed by atoms with van der Waals surface area (Å²) < 4.78 is 11.2. The number of carbonyl (C=O) groups is 1. The van der Waals surface area contributed by atoms with Crippen molar-refractivity contribution in [2.45, 2.75) is 45.3 Å². The number of hydrogen-bond donors (Lipinski definition) is 1. The maximum Gasteiger partial charge on any atom is 0.287 e. The zero-order chi connectivity index (χ0) is 15.5. The number of hydrogen-bond acceptors (Lipinski definition) is 3. The first-order valence-electron chi connectivity index (χ1n) is 7.74. The van der Waals surface area contributed by atoms with Crippen LogP contribution in [-0.4, -0.2) is 11.9 Å². The van der Waals surface area contributed by atoms with Gasteiger partial charge in [-0.25, -0.2) is 0 Å². The van der Waals surface area contributed by atoms with Crippen LogP contribution in [0.2, 0.25) is 0 Å². The first-order chi connectivity index (χ1) is 10.6. The molecule has 0 atom stereocenters. The van der Waals surface area contributed by atoms with Gasteiger partial charge in [0.05, 0.1) is 0 Å². The number of amides is 1. The average Bonchev–Trinajstić information content (AvgIpc) is 3.19. The van der Waals surface area contributed by atoms with Gasteiger partial charge in [0.1, 0.15) is 18.1 Å². The van der Waals surface area contributed by atoms with Crippen LogP contribution in [0, 0.1) is 0 Å². The Morgan fingerprint density at radius 2 is 1.95 bits per heavy atom. The molecule has 1 amide bonds. The molecule has 0 saturated heterocycles. The Bertz CT molecular complexity index is 639.